The van der Waals surface area contributed by atoms with E-state index < -0.39 is 0 Å². The molecule has 0 unspecified atom stereocenters. The van der Waals surface area contributed by atoms with Gasteiger partial charge in [-0.05, 0) is 42.4 Å². The van der Waals surface area contributed by atoms with Gasteiger partial charge in [0, 0.05) is 34.7 Å². The number of aliphatic hydroxyl groups is 1. The first-order valence-electron chi connectivity index (χ1n) is 7.08. The number of halogens is 1. The van der Waals surface area contributed by atoms with E-state index in [0.29, 0.717) is 5.92 Å². The van der Waals surface area contributed by atoms with Gasteiger partial charge in [0.1, 0.15) is 0 Å². The molecule has 0 amide bonds. The van der Waals surface area contributed by atoms with Crippen molar-refractivity contribution >= 4 is 26.8 Å². The Kier molecular flexibility index (Phi) is 3.68. The molecule has 0 bridgehead atoms. The van der Waals surface area contributed by atoms with Crippen molar-refractivity contribution in [3.63, 3.8) is 0 Å². The molecule has 1 aliphatic rings. The lowest BCUT2D eigenvalue weighted by Gasteiger charge is -2.25. The van der Waals surface area contributed by atoms with Crippen molar-refractivity contribution in [3.8, 4) is 0 Å². The van der Waals surface area contributed by atoms with E-state index >= 15 is 0 Å². The molecule has 0 radical (unpaired) electrons. The number of aliphatic hydroxyl groups excluding tert-OH is 1. The third-order valence-corrected chi connectivity index (χ3v) is 4.73. The summed E-state index contributed by atoms with van der Waals surface area (Å²) in [7, 11) is 0. The minimum Gasteiger partial charge on any atom is -0.396 e. The molecule has 1 aromatic carbocycles. The number of hydrogen-bond donors (Lipinski definition) is 1. The summed E-state index contributed by atoms with van der Waals surface area (Å²) < 4.78 is 3.44. The number of rotatable bonds is 4. The van der Waals surface area contributed by atoms with E-state index in [9.17, 15) is 5.11 Å². The first-order chi connectivity index (χ1) is 9.19. The van der Waals surface area contributed by atoms with Crippen LogP contribution in [0.1, 0.15) is 37.7 Å². The molecule has 3 rings (SSSR count). The minimum atomic E-state index is 0.242. The van der Waals surface area contributed by atoms with Crippen molar-refractivity contribution in [2.45, 2.75) is 38.6 Å². The summed E-state index contributed by atoms with van der Waals surface area (Å²) in [6.45, 7) is 3.22. The molecule has 102 valence electrons. The van der Waals surface area contributed by atoms with Crippen molar-refractivity contribution in [2.75, 3.05) is 6.61 Å². The van der Waals surface area contributed by atoms with E-state index in [1.807, 2.05) is 0 Å². The Labute approximate surface area is 122 Å². The van der Waals surface area contributed by atoms with Gasteiger partial charge < -0.3 is 9.67 Å². The highest BCUT2D eigenvalue weighted by Crippen LogP contribution is 2.41. The van der Waals surface area contributed by atoms with Gasteiger partial charge in [0.2, 0.25) is 0 Å². The first kappa shape index (κ1) is 13.2. The Bertz CT molecular complexity index is 586. The predicted octanol–water partition coefficient (Wildman–Crippen LogP) is 4.30. The van der Waals surface area contributed by atoms with Gasteiger partial charge in [-0.2, -0.15) is 0 Å². The fraction of sp³-hybridized carbons (Fsp3) is 0.500. The summed E-state index contributed by atoms with van der Waals surface area (Å²) >= 11 is 3.56. The van der Waals surface area contributed by atoms with Gasteiger partial charge in [-0.15, -0.1) is 0 Å². The zero-order valence-corrected chi connectivity index (χ0v) is 12.9. The van der Waals surface area contributed by atoms with Gasteiger partial charge in [-0.3, -0.25) is 0 Å². The monoisotopic (exact) mass is 321 g/mol. The number of nitrogens with zero attached hydrogens (tertiary/aromatic N) is 1. The molecule has 1 heterocycles. The van der Waals surface area contributed by atoms with Crippen molar-refractivity contribution < 1.29 is 5.11 Å². The predicted molar refractivity (Wildman–Crippen MR) is 82.5 cm³/mol. The average molecular weight is 322 g/mol. The molecule has 3 heteroatoms. The number of hydrogen-bond acceptors (Lipinski definition) is 1. The third kappa shape index (κ3) is 2.46. The number of aromatic nitrogens is 1. The molecule has 2 nitrogen and oxygen atoms in total. The van der Waals surface area contributed by atoms with Crippen LogP contribution in [0.2, 0.25) is 0 Å². The van der Waals surface area contributed by atoms with Crippen LogP contribution in [0.3, 0.4) is 0 Å². The summed E-state index contributed by atoms with van der Waals surface area (Å²) in [6, 6.07) is 6.55. The molecule has 1 fully saturated rings. The Morgan fingerprint density at radius 2 is 2.21 bits per heavy atom. The molecule has 1 N–H and O–H groups in total. The lowest BCUT2D eigenvalue weighted by atomic mass is 9.80. The Balaban J connectivity index is 2.06. The topological polar surface area (TPSA) is 25.2 Å². The molecule has 19 heavy (non-hydrogen) atoms. The maximum absolute atomic E-state index is 9.27. The third-order valence-electron chi connectivity index (χ3n) is 4.24. The normalized spacial score (nSPS) is 17.6. The van der Waals surface area contributed by atoms with Crippen LogP contribution in [0.25, 0.3) is 10.9 Å². The Hall–Kier alpha value is -0.800. The second-order valence-corrected chi connectivity index (χ2v) is 6.73. The van der Waals surface area contributed by atoms with Crippen LogP contribution < -0.4 is 0 Å². The van der Waals surface area contributed by atoms with Crippen LogP contribution >= 0.6 is 15.9 Å². The molecule has 1 saturated carbocycles. The van der Waals surface area contributed by atoms with E-state index in [0.717, 1.165) is 16.9 Å². The summed E-state index contributed by atoms with van der Waals surface area (Å²) in [6.07, 6.45) is 6.32. The highest BCUT2D eigenvalue weighted by atomic mass is 79.9. The molecule has 0 aliphatic heterocycles. The van der Waals surface area contributed by atoms with Crippen molar-refractivity contribution in [2.24, 2.45) is 5.92 Å². The van der Waals surface area contributed by atoms with Gasteiger partial charge in [0.05, 0.1) is 0 Å². The van der Waals surface area contributed by atoms with E-state index in [2.05, 4.69) is 51.8 Å². The second kappa shape index (κ2) is 5.29. The summed E-state index contributed by atoms with van der Waals surface area (Å²) in [5, 5.41) is 10.7. The smallest absolute Gasteiger partial charge is 0.0494 e. The molecule has 1 aliphatic carbocycles. The SMILES string of the molecule is C[C@H](CO)Cn1cc(C2CCC2)c2ccc(Br)cc21. The molecule has 0 spiro atoms. The largest absolute Gasteiger partial charge is 0.396 e. The van der Waals surface area contributed by atoms with Crippen LogP contribution in [0.15, 0.2) is 28.9 Å². The molecule has 0 saturated heterocycles. The summed E-state index contributed by atoms with van der Waals surface area (Å²) in [5.41, 5.74) is 2.79. The molecule has 1 aromatic heterocycles. The molecular formula is C16H20BrNO. The fourth-order valence-electron chi connectivity index (χ4n) is 2.88. The minimum absolute atomic E-state index is 0.242. The highest BCUT2D eigenvalue weighted by Gasteiger charge is 2.23. The van der Waals surface area contributed by atoms with Gasteiger partial charge in [0.25, 0.3) is 0 Å². The average Bonchev–Trinajstić information content (AvgIpc) is 2.65. The van der Waals surface area contributed by atoms with Gasteiger partial charge >= 0.3 is 0 Å². The van der Waals surface area contributed by atoms with Crippen LogP contribution in [0, 0.1) is 5.92 Å². The molecular weight excluding hydrogens is 302 g/mol. The molecule has 2 aromatic rings. The Morgan fingerprint density at radius 3 is 2.84 bits per heavy atom. The van der Waals surface area contributed by atoms with Crippen molar-refractivity contribution in [1.82, 2.24) is 4.57 Å². The van der Waals surface area contributed by atoms with Crippen LogP contribution in [-0.4, -0.2) is 16.3 Å². The fourth-order valence-corrected chi connectivity index (χ4v) is 3.23. The lowest BCUT2D eigenvalue weighted by Crippen LogP contribution is -2.11. The van der Waals surface area contributed by atoms with E-state index in [1.54, 1.807) is 0 Å². The lowest BCUT2D eigenvalue weighted by molar-refractivity contribution is 0.224. The van der Waals surface area contributed by atoms with E-state index in [1.165, 1.54) is 35.7 Å². The van der Waals surface area contributed by atoms with Crippen LogP contribution in [0.4, 0.5) is 0 Å². The van der Waals surface area contributed by atoms with E-state index in [-0.39, 0.29) is 6.61 Å². The quantitative estimate of drug-likeness (QED) is 0.892. The van der Waals surface area contributed by atoms with Gasteiger partial charge in [-0.25, -0.2) is 0 Å². The van der Waals surface area contributed by atoms with Crippen molar-refractivity contribution in [3.05, 3.63) is 34.4 Å². The van der Waals surface area contributed by atoms with Crippen LogP contribution in [0.5, 0.6) is 0 Å². The second-order valence-electron chi connectivity index (χ2n) is 5.81. The zero-order valence-electron chi connectivity index (χ0n) is 11.3. The first-order valence-corrected chi connectivity index (χ1v) is 7.87. The molecule has 1 atom stereocenters. The van der Waals surface area contributed by atoms with E-state index in [4.69, 9.17) is 0 Å². The standard InChI is InChI=1S/C16H20BrNO/c1-11(10-19)8-18-9-15(12-3-2-4-12)14-6-5-13(17)7-16(14)18/h5-7,9,11-12,19H,2-4,8,10H2,1H3/t11-/m0/s1. The maximum Gasteiger partial charge on any atom is 0.0494 e. The zero-order chi connectivity index (χ0) is 13.4. The summed E-state index contributed by atoms with van der Waals surface area (Å²) in [5.74, 6) is 1.04. The van der Waals surface area contributed by atoms with Crippen LogP contribution in [-0.2, 0) is 6.54 Å². The Morgan fingerprint density at radius 1 is 1.42 bits per heavy atom. The van der Waals surface area contributed by atoms with Gasteiger partial charge in [0.15, 0.2) is 0 Å². The maximum atomic E-state index is 9.27. The summed E-state index contributed by atoms with van der Waals surface area (Å²) in [4.78, 5) is 0. The van der Waals surface area contributed by atoms with Crippen molar-refractivity contribution in [1.29, 1.82) is 0 Å². The number of fused-ring (bicyclic) bond motifs is 1. The van der Waals surface area contributed by atoms with Gasteiger partial charge in [-0.1, -0.05) is 35.3 Å². The highest BCUT2D eigenvalue weighted by molar-refractivity contribution is 9.10. The number of benzene rings is 1.